The number of ketones is 1. The molecule has 0 radical (unpaired) electrons. The number of furan rings is 1. The fourth-order valence-corrected chi connectivity index (χ4v) is 1.61. The van der Waals surface area contributed by atoms with E-state index in [-0.39, 0.29) is 0 Å². The molecule has 84 valence electrons. The van der Waals surface area contributed by atoms with Crippen molar-refractivity contribution >= 4 is 5.78 Å². The molecule has 0 amide bonds. The third-order valence-electron chi connectivity index (χ3n) is 2.47. The third-order valence-corrected chi connectivity index (χ3v) is 2.47. The number of hydrogen-bond donors (Lipinski definition) is 0. The van der Waals surface area contributed by atoms with Gasteiger partial charge in [-0.2, -0.15) is 0 Å². The molecule has 0 saturated heterocycles. The molecule has 0 atom stereocenters. The van der Waals surface area contributed by atoms with E-state index in [1.807, 2.05) is 13.0 Å². The van der Waals surface area contributed by atoms with Crippen LogP contribution in [0.25, 0.3) is 0 Å². The Balaban J connectivity index is 2.18. The first kappa shape index (κ1) is 12.0. The van der Waals surface area contributed by atoms with Crippen LogP contribution in [0.3, 0.4) is 0 Å². The van der Waals surface area contributed by atoms with Crippen molar-refractivity contribution in [1.82, 2.24) is 0 Å². The molecule has 1 aromatic heterocycles. The van der Waals surface area contributed by atoms with Crippen molar-refractivity contribution in [3.05, 3.63) is 23.7 Å². The molecule has 2 heteroatoms. The fourth-order valence-electron chi connectivity index (χ4n) is 1.61. The van der Waals surface area contributed by atoms with Gasteiger partial charge in [0.05, 0.1) is 12.7 Å². The molecule has 2 nitrogen and oxygen atoms in total. The average Bonchev–Trinajstić information content (AvgIpc) is 2.59. The largest absolute Gasteiger partial charge is 0.469 e. The van der Waals surface area contributed by atoms with Gasteiger partial charge in [-0.25, -0.2) is 0 Å². The van der Waals surface area contributed by atoms with Gasteiger partial charge < -0.3 is 4.42 Å². The number of rotatable bonds is 7. The number of Topliss-reactive ketones (excluding diaryl/α,β-unsaturated/α-hetero) is 1. The van der Waals surface area contributed by atoms with Crippen LogP contribution in [0, 0.1) is 6.92 Å². The molecule has 0 N–H and O–H groups in total. The first-order valence-electron chi connectivity index (χ1n) is 5.78. The monoisotopic (exact) mass is 208 g/mol. The molecule has 15 heavy (non-hydrogen) atoms. The Hall–Kier alpha value is -1.05. The van der Waals surface area contributed by atoms with Gasteiger partial charge in [0.2, 0.25) is 0 Å². The molecule has 0 aliphatic rings. The summed E-state index contributed by atoms with van der Waals surface area (Å²) in [6, 6.07) is 1.93. The van der Waals surface area contributed by atoms with E-state index >= 15 is 0 Å². The number of carbonyl (C=O) groups excluding carboxylic acids is 1. The van der Waals surface area contributed by atoms with E-state index in [9.17, 15) is 4.79 Å². The quantitative estimate of drug-likeness (QED) is 0.640. The maximum absolute atomic E-state index is 11.5. The lowest BCUT2D eigenvalue weighted by Crippen LogP contribution is -2.01. The van der Waals surface area contributed by atoms with Crippen LogP contribution in [0.15, 0.2) is 16.7 Å². The molecular weight excluding hydrogens is 188 g/mol. The van der Waals surface area contributed by atoms with E-state index in [0.717, 1.165) is 17.7 Å². The zero-order chi connectivity index (χ0) is 11.1. The van der Waals surface area contributed by atoms with E-state index in [1.54, 1.807) is 6.26 Å². The third kappa shape index (κ3) is 4.82. The molecule has 0 saturated carbocycles. The standard InChI is InChI=1S/C13H20O2/c1-3-4-5-6-7-12(14)9-13-8-11(2)10-15-13/h8,10H,3-7,9H2,1-2H3. The summed E-state index contributed by atoms with van der Waals surface area (Å²) < 4.78 is 5.24. The minimum Gasteiger partial charge on any atom is -0.469 e. The highest BCUT2D eigenvalue weighted by Gasteiger charge is 2.06. The van der Waals surface area contributed by atoms with Crippen molar-refractivity contribution in [2.24, 2.45) is 0 Å². The Morgan fingerprint density at radius 3 is 2.73 bits per heavy atom. The van der Waals surface area contributed by atoms with Crippen molar-refractivity contribution < 1.29 is 9.21 Å². The maximum Gasteiger partial charge on any atom is 0.140 e. The smallest absolute Gasteiger partial charge is 0.140 e. The number of carbonyl (C=O) groups is 1. The van der Waals surface area contributed by atoms with Crippen LogP contribution in [0.4, 0.5) is 0 Å². The van der Waals surface area contributed by atoms with Gasteiger partial charge in [-0.15, -0.1) is 0 Å². The molecule has 1 heterocycles. The lowest BCUT2D eigenvalue weighted by Gasteiger charge is -1.98. The van der Waals surface area contributed by atoms with Gasteiger partial charge in [0.15, 0.2) is 0 Å². The van der Waals surface area contributed by atoms with E-state index < -0.39 is 0 Å². The maximum atomic E-state index is 11.5. The predicted octanol–water partition coefficient (Wildman–Crippen LogP) is 3.67. The minimum atomic E-state index is 0.292. The second-order valence-corrected chi connectivity index (χ2v) is 4.12. The molecule has 0 fully saturated rings. The number of unbranched alkanes of at least 4 members (excludes halogenated alkanes) is 3. The van der Waals surface area contributed by atoms with Gasteiger partial charge in [-0.05, 0) is 25.0 Å². The van der Waals surface area contributed by atoms with Gasteiger partial charge in [0.1, 0.15) is 11.5 Å². The second-order valence-electron chi connectivity index (χ2n) is 4.12. The molecule has 0 aliphatic carbocycles. The Kier molecular flexibility index (Phi) is 5.16. The topological polar surface area (TPSA) is 30.2 Å². The lowest BCUT2D eigenvalue weighted by atomic mass is 10.1. The van der Waals surface area contributed by atoms with Crippen LogP contribution in [-0.2, 0) is 11.2 Å². The Morgan fingerprint density at radius 2 is 2.13 bits per heavy atom. The van der Waals surface area contributed by atoms with Crippen molar-refractivity contribution in [1.29, 1.82) is 0 Å². The molecule has 0 bridgehead atoms. The zero-order valence-corrected chi connectivity index (χ0v) is 9.71. The molecule has 0 spiro atoms. The molecule has 1 aromatic rings. The van der Waals surface area contributed by atoms with Crippen molar-refractivity contribution in [2.75, 3.05) is 0 Å². The summed E-state index contributed by atoms with van der Waals surface area (Å²) in [5.41, 5.74) is 1.09. The average molecular weight is 208 g/mol. The molecule has 0 unspecified atom stereocenters. The van der Waals surface area contributed by atoms with Crippen LogP contribution >= 0.6 is 0 Å². The molecular formula is C13H20O2. The van der Waals surface area contributed by atoms with Gasteiger partial charge in [-0.1, -0.05) is 26.2 Å². The Labute approximate surface area is 91.7 Å². The van der Waals surface area contributed by atoms with Gasteiger partial charge in [0, 0.05) is 6.42 Å². The summed E-state index contributed by atoms with van der Waals surface area (Å²) in [5, 5.41) is 0. The first-order valence-corrected chi connectivity index (χ1v) is 5.78. The van der Waals surface area contributed by atoms with E-state index in [4.69, 9.17) is 4.42 Å². The summed E-state index contributed by atoms with van der Waals surface area (Å²) in [4.78, 5) is 11.5. The summed E-state index contributed by atoms with van der Waals surface area (Å²) in [6.45, 7) is 4.15. The molecule has 1 rings (SSSR count). The normalized spacial score (nSPS) is 10.5. The van der Waals surface area contributed by atoms with Crippen molar-refractivity contribution in [2.45, 2.75) is 52.4 Å². The Bertz CT molecular complexity index is 299. The Morgan fingerprint density at radius 1 is 1.33 bits per heavy atom. The van der Waals surface area contributed by atoms with E-state index in [1.165, 1.54) is 19.3 Å². The van der Waals surface area contributed by atoms with Crippen LogP contribution in [0.1, 0.15) is 50.4 Å². The van der Waals surface area contributed by atoms with Crippen molar-refractivity contribution in [3.8, 4) is 0 Å². The highest BCUT2D eigenvalue weighted by Crippen LogP contribution is 2.10. The molecule has 0 aromatic carbocycles. The summed E-state index contributed by atoms with van der Waals surface area (Å²) in [7, 11) is 0. The van der Waals surface area contributed by atoms with E-state index in [2.05, 4.69) is 6.92 Å². The van der Waals surface area contributed by atoms with E-state index in [0.29, 0.717) is 18.6 Å². The van der Waals surface area contributed by atoms with Crippen molar-refractivity contribution in [3.63, 3.8) is 0 Å². The lowest BCUT2D eigenvalue weighted by molar-refractivity contribution is -0.118. The van der Waals surface area contributed by atoms with Crippen LogP contribution in [-0.4, -0.2) is 5.78 Å². The minimum absolute atomic E-state index is 0.292. The van der Waals surface area contributed by atoms with Crippen LogP contribution < -0.4 is 0 Å². The SMILES string of the molecule is CCCCCCC(=O)Cc1cc(C)co1. The zero-order valence-electron chi connectivity index (χ0n) is 9.71. The predicted molar refractivity (Wildman–Crippen MR) is 60.9 cm³/mol. The second kappa shape index (κ2) is 6.44. The van der Waals surface area contributed by atoms with Crippen LogP contribution in [0.5, 0.6) is 0 Å². The number of hydrogen-bond acceptors (Lipinski definition) is 2. The summed E-state index contributed by atoms with van der Waals surface area (Å²) in [5.74, 6) is 1.09. The summed E-state index contributed by atoms with van der Waals surface area (Å²) in [6.07, 6.45) is 7.48. The summed E-state index contributed by atoms with van der Waals surface area (Å²) >= 11 is 0. The van der Waals surface area contributed by atoms with Gasteiger partial charge in [-0.3, -0.25) is 4.79 Å². The number of aryl methyl sites for hydroxylation is 1. The highest BCUT2D eigenvalue weighted by molar-refractivity contribution is 5.80. The van der Waals surface area contributed by atoms with Gasteiger partial charge in [0.25, 0.3) is 0 Å². The molecule has 0 aliphatic heterocycles. The first-order chi connectivity index (χ1) is 7.22. The fraction of sp³-hybridized carbons (Fsp3) is 0.615. The van der Waals surface area contributed by atoms with Crippen LogP contribution in [0.2, 0.25) is 0 Å². The van der Waals surface area contributed by atoms with Gasteiger partial charge >= 0.3 is 0 Å². The highest BCUT2D eigenvalue weighted by atomic mass is 16.3.